The molecule has 0 radical (unpaired) electrons. The zero-order chi connectivity index (χ0) is 12.9. The molecule has 0 fully saturated rings. The Morgan fingerprint density at radius 2 is 1.94 bits per heavy atom. The van der Waals surface area contributed by atoms with Gasteiger partial charge < -0.3 is 0 Å². The lowest BCUT2D eigenvalue weighted by molar-refractivity contribution is -0.132. The number of nitrogens with one attached hydrogen (secondary N) is 1. The van der Waals surface area contributed by atoms with Crippen molar-refractivity contribution < 1.29 is 10.0 Å². The van der Waals surface area contributed by atoms with Gasteiger partial charge in [-0.25, -0.2) is 5.48 Å². The molecule has 3 heteroatoms. The molecule has 1 aliphatic rings. The van der Waals surface area contributed by atoms with Crippen molar-refractivity contribution in [3.63, 3.8) is 0 Å². The van der Waals surface area contributed by atoms with E-state index >= 15 is 0 Å². The van der Waals surface area contributed by atoms with Crippen LogP contribution in [0.25, 0.3) is 16.3 Å². The number of hydrogen-bond acceptors (Lipinski definition) is 2. The van der Waals surface area contributed by atoms with Crippen LogP contribution >= 0.6 is 0 Å². The van der Waals surface area contributed by atoms with Crippen LogP contribution < -0.4 is 5.48 Å². The minimum atomic E-state index is -0.905. The van der Waals surface area contributed by atoms with E-state index in [4.69, 9.17) is 5.21 Å². The molecule has 1 amide bonds. The number of hydroxylamine groups is 1. The van der Waals surface area contributed by atoms with Gasteiger partial charge >= 0.3 is 0 Å². The van der Waals surface area contributed by atoms with Crippen LogP contribution in [-0.4, -0.2) is 11.1 Å². The summed E-state index contributed by atoms with van der Waals surface area (Å²) in [6.45, 7) is 5.83. The van der Waals surface area contributed by atoms with Crippen LogP contribution in [0, 0.1) is 0 Å². The quantitative estimate of drug-likeness (QED) is 0.593. The standard InChI is InChI=1S/C15H13NO2/c1-9-11-7-3-5-10-6-4-8-12(13(10)11)15(9,2)14(17)16-18/h3-8,18H,1H2,2H3,(H,16,17). The first-order chi connectivity index (χ1) is 8.60. The Bertz CT molecular complexity index is 685. The van der Waals surface area contributed by atoms with Crippen LogP contribution in [0.4, 0.5) is 0 Å². The summed E-state index contributed by atoms with van der Waals surface area (Å²) >= 11 is 0. The molecule has 3 nitrogen and oxygen atoms in total. The molecule has 1 unspecified atom stereocenters. The van der Waals surface area contributed by atoms with Gasteiger partial charge in [0.2, 0.25) is 0 Å². The van der Waals surface area contributed by atoms with Gasteiger partial charge in [-0.05, 0) is 34.4 Å². The summed E-state index contributed by atoms with van der Waals surface area (Å²) in [7, 11) is 0. The van der Waals surface area contributed by atoms with E-state index in [9.17, 15) is 4.79 Å². The molecule has 2 N–H and O–H groups in total. The van der Waals surface area contributed by atoms with Crippen molar-refractivity contribution in [2.24, 2.45) is 0 Å². The predicted octanol–water partition coefficient (Wildman–Crippen LogP) is 2.63. The van der Waals surface area contributed by atoms with E-state index in [1.165, 1.54) is 0 Å². The molecule has 0 bridgehead atoms. The predicted molar refractivity (Wildman–Crippen MR) is 70.3 cm³/mol. The molecule has 2 aromatic carbocycles. The first kappa shape index (κ1) is 11.0. The highest BCUT2D eigenvalue weighted by molar-refractivity contribution is 6.14. The lowest BCUT2D eigenvalue weighted by atomic mass is 9.79. The summed E-state index contributed by atoms with van der Waals surface area (Å²) in [5, 5.41) is 11.1. The van der Waals surface area contributed by atoms with E-state index in [2.05, 4.69) is 6.58 Å². The molecule has 0 saturated carbocycles. The molecular formula is C15H13NO2. The molecule has 3 rings (SSSR count). The minimum absolute atomic E-state index is 0.448. The van der Waals surface area contributed by atoms with Crippen LogP contribution in [0.15, 0.2) is 43.0 Å². The highest BCUT2D eigenvalue weighted by Crippen LogP contribution is 2.49. The van der Waals surface area contributed by atoms with Crippen molar-refractivity contribution >= 4 is 22.3 Å². The van der Waals surface area contributed by atoms with Gasteiger partial charge in [0.25, 0.3) is 5.91 Å². The lowest BCUT2D eigenvalue weighted by Gasteiger charge is -2.24. The van der Waals surface area contributed by atoms with Crippen LogP contribution in [-0.2, 0) is 10.2 Å². The van der Waals surface area contributed by atoms with Gasteiger partial charge in [-0.3, -0.25) is 10.0 Å². The fourth-order valence-corrected chi connectivity index (χ4v) is 2.81. The molecule has 0 heterocycles. The molecular weight excluding hydrogens is 226 g/mol. The number of carbonyl (C=O) groups is 1. The summed E-state index contributed by atoms with van der Waals surface area (Å²) < 4.78 is 0. The SMILES string of the molecule is C=C1c2cccc3cccc(c23)C1(C)C(=O)NO. The fourth-order valence-electron chi connectivity index (χ4n) is 2.81. The van der Waals surface area contributed by atoms with E-state index in [0.29, 0.717) is 0 Å². The Hall–Kier alpha value is -2.13. The number of carbonyl (C=O) groups excluding carboxylic acids is 1. The van der Waals surface area contributed by atoms with Crippen LogP contribution in [0.5, 0.6) is 0 Å². The third kappa shape index (κ3) is 1.09. The number of benzene rings is 2. The maximum Gasteiger partial charge on any atom is 0.258 e. The molecule has 18 heavy (non-hydrogen) atoms. The fraction of sp³-hybridized carbons (Fsp3) is 0.133. The molecule has 0 spiro atoms. The highest BCUT2D eigenvalue weighted by Gasteiger charge is 2.44. The van der Waals surface area contributed by atoms with Gasteiger partial charge in [0.05, 0.1) is 5.41 Å². The Morgan fingerprint density at radius 3 is 2.61 bits per heavy atom. The average molecular weight is 239 g/mol. The van der Waals surface area contributed by atoms with Gasteiger partial charge in [-0.2, -0.15) is 0 Å². The Balaban J connectivity index is 2.42. The maximum absolute atomic E-state index is 12.0. The number of rotatable bonds is 1. The average Bonchev–Trinajstić information content (AvgIpc) is 2.64. The van der Waals surface area contributed by atoms with Crippen molar-refractivity contribution in [1.29, 1.82) is 0 Å². The second-order valence-electron chi connectivity index (χ2n) is 4.75. The molecule has 0 aromatic heterocycles. The van der Waals surface area contributed by atoms with Gasteiger partial charge in [-0.1, -0.05) is 43.0 Å². The Labute approximate surface area is 105 Å². The topological polar surface area (TPSA) is 49.3 Å². The number of hydrogen-bond donors (Lipinski definition) is 2. The smallest absolute Gasteiger partial charge is 0.258 e. The summed E-state index contributed by atoms with van der Waals surface area (Å²) in [6, 6.07) is 11.8. The monoisotopic (exact) mass is 239 g/mol. The van der Waals surface area contributed by atoms with Crippen molar-refractivity contribution in [3.05, 3.63) is 54.1 Å². The lowest BCUT2D eigenvalue weighted by Crippen LogP contribution is -2.39. The molecule has 1 aliphatic carbocycles. The van der Waals surface area contributed by atoms with E-state index in [1.54, 1.807) is 12.4 Å². The van der Waals surface area contributed by atoms with Crippen molar-refractivity contribution in [1.82, 2.24) is 5.48 Å². The second kappa shape index (κ2) is 3.43. The second-order valence-corrected chi connectivity index (χ2v) is 4.75. The van der Waals surface area contributed by atoms with Crippen LogP contribution in [0.2, 0.25) is 0 Å². The summed E-state index contributed by atoms with van der Waals surface area (Å²) in [4.78, 5) is 12.0. The van der Waals surface area contributed by atoms with Crippen molar-refractivity contribution in [2.45, 2.75) is 12.3 Å². The van der Waals surface area contributed by atoms with Crippen LogP contribution in [0.3, 0.4) is 0 Å². The molecule has 90 valence electrons. The van der Waals surface area contributed by atoms with Gasteiger partial charge in [0.1, 0.15) is 0 Å². The highest BCUT2D eigenvalue weighted by atomic mass is 16.5. The number of amides is 1. The van der Waals surface area contributed by atoms with Gasteiger partial charge in [-0.15, -0.1) is 0 Å². The summed E-state index contributed by atoms with van der Waals surface area (Å²) in [5.41, 5.74) is 3.45. The Morgan fingerprint density at radius 1 is 1.28 bits per heavy atom. The van der Waals surface area contributed by atoms with Crippen molar-refractivity contribution in [3.8, 4) is 0 Å². The summed E-state index contributed by atoms with van der Waals surface area (Å²) in [6.07, 6.45) is 0. The van der Waals surface area contributed by atoms with Gasteiger partial charge in [0, 0.05) is 0 Å². The molecule has 2 aromatic rings. The maximum atomic E-state index is 12.0. The first-order valence-corrected chi connectivity index (χ1v) is 5.77. The molecule has 0 saturated heterocycles. The Kier molecular flexibility index (Phi) is 2.10. The minimum Gasteiger partial charge on any atom is -0.289 e. The molecule has 1 atom stereocenters. The third-order valence-electron chi connectivity index (χ3n) is 3.93. The van der Waals surface area contributed by atoms with E-state index in [0.717, 1.165) is 27.5 Å². The molecule has 0 aliphatic heterocycles. The third-order valence-corrected chi connectivity index (χ3v) is 3.93. The van der Waals surface area contributed by atoms with Gasteiger partial charge in [0.15, 0.2) is 0 Å². The van der Waals surface area contributed by atoms with Crippen molar-refractivity contribution in [2.75, 3.05) is 0 Å². The first-order valence-electron chi connectivity index (χ1n) is 5.77. The van der Waals surface area contributed by atoms with E-state index in [-0.39, 0.29) is 0 Å². The normalized spacial score (nSPS) is 21.3. The van der Waals surface area contributed by atoms with E-state index in [1.807, 2.05) is 36.4 Å². The zero-order valence-corrected chi connectivity index (χ0v) is 10.0. The van der Waals surface area contributed by atoms with Crippen LogP contribution in [0.1, 0.15) is 18.1 Å². The largest absolute Gasteiger partial charge is 0.289 e. The summed E-state index contributed by atoms with van der Waals surface area (Å²) in [5.74, 6) is -0.448. The van der Waals surface area contributed by atoms with E-state index < -0.39 is 11.3 Å². The zero-order valence-electron chi connectivity index (χ0n) is 10.0.